The van der Waals surface area contributed by atoms with Crippen molar-refractivity contribution in [1.82, 2.24) is 4.72 Å². The molecule has 1 atom stereocenters. The van der Waals surface area contributed by atoms with E-state index < -0.39 is 34.8 Å². The zero-order valence-electron chi connectivity index (χ0n) is 10.3. The second kappa shape index (κ2) is 6.23. The summed E-state index contributed by atoms with van der Waals surface area (Å²) >= 11 is 0. The van der Waals surface area contributed by atoms with E-state index >= 15 is 0 Å². The Kier molecular flexibility index (Phi) is 5.12. The van der Waals surface area contributed by atoms with Crippen molar-refractivity contribution in [3.63, 3.8) is 0 Å². The van der Waals surface area contributed by atoms with Crippen LogP contribution in [0.25, 0.3) is 0 Å². The van der Waals surface area contributed by atoms with Crippen LogP contribution in [0, 0.1) is 0 Å². The minimum atomic E-state index is -4.63. The van der Waals surface area contributed by atoms with Gasteiger partial charge in [0.1, 0.15) is 6.61 Å². The van der Waals surface area contributed by atoms with Crippen molar-refractivity contribution in [3.05, 3.63) is 35.9 Å². The molecule has 0 spiro atoms. The third-order valence-corrected chi connectivity index (χ3v) is 2.61. The van der Waals surface area contributed by atoms with Gasteiger partial charge in [0.15, 0.2) is 6.10 Å². The normalized spacial score (nSPS) is 13.8. The molecule has 0 saturated carbocycles. The third-order valence-electron chi connectivity index (χ3n) is 2.04. The standard InChI is InChI=1S/C11H12F3NO4S/c1-20(17,18)15-10(16)9(19-7-11(12,13)14)8-5-3-2-4-6-8/h2-6,9H,7H2,1H3,(H,15,16). The summed E-state index contributed by atoms with van der Waals surface area (Å²) in [6.07, 6.45) is -5.57. The molecule has 0 aromatic heterocycles. The number of amides is 1. The Labute approximate surface area is 113 Å². The van der Waals surface area contributed by atoms with E-state index in [1.165, 1.54) is 24.3 Å². The van der Waals surface area contributed by atoms with Crippen molar-refractivity contribution in [2.24, 2.45) is 0 Å². The molecule has 0 aliphatic heterocycles. The third kappa shape index (κ3) is 6.02. The number of rotatable bonds is 5. The summed E-state index contributed by atoms with van der Waals surface area (Å²) in [5.41, 5.74) is 0.123. The predicted molar refractivity (Wildman–Crippen MR) is 64.2 cm³/mol. The lowest BCUT2D eigenvalue weighted by molar-refractivity contribution is -0.187. The van der Waals surface area contributed by atoms with Crippen LogP contribution in [0.5, 0.6) is 0 Å². The highest BCUT2D eigenvalue weighted by Crippen LogP contribution is 2.22. The summed E-state index contributed by atoms with van der Waals surface area (Å²) in [5.74, 6) is -1.18. The number of carbonyl (C=O) groups is 1. The molecule has 1 N–H and O–H groups in total. The first-order chi connectivity index (χ1) is 9.08. The smallest absolute Gasteiger partial charge is 0.354 e. The van der Waals surface area contributed by atoms with Crippen molar-refractivity contribution in [1.29, 1.82) is 0 Å². The van der Waals surface area contributed by atoms with Gasteiger partial charge in [-0.25, -0.2) is 8.42 Å². The summed E-state index contributed by atoms with van der Waals surface area (Å²) in [4.78, 5) is 11.7. The van der Waals surface area contributed by atoms with Gasteiger partial charge in [-0.3, -0.25) is 9.52 Å². The van der Waals surface area contributed by atoms with Crippen LogP contribution in [0.4, 0.5) is 13.2 Å². The van der Waals surface area contributed by atoms with Crippen molar-refractivity contribution >= 4 is 15.9 Å². The van der Waals surface area contributed by atoms with Gasteiger partial charge in [0.2, 0.25) is 10.0 Å². The van der Waals surface area contributed by atoms with Gasteiger partial charge >= 0.3 is 6.18 Å². The average Bonchev–Trinajstić information content (AvgIpc) is 2.26. The van der Waals surface area contributed by atoms with Gasteiger partial charge in [0, 0.05) is 0 Å². The molecule has 0 fully saturated rings. The molecular weight excluding hydrogens is 299 g/mol. The minimum absolute atomic E-state index is 0.123. The van der Waals surface area contributed by atoms with E-state index in [4.69, 9.17) is 0 Å². The Bertz CT molecular complexity index is 557. The Morgan fingerprint density at radius 2 is 1.85 bits per heavy atom. The van der Waals surface area contributed by atoms with Crippen LogP contribution in [-0.2, 0) is 19.6 Å². The van der Waals surface area contributed by atoms with Crippen molar-refractivity contribution < 1.29 is 31.1 Å². The van der Waals surface area contributed by atoms with Gasteiger partial charge in [-0.05, 0) is 5.56 Å². The zero-order chi connectivity index (χ0) is 15.4. The molecule has 20 heavy (non-hydrogen) atoms. The minimum Gasteiger partial charge on any atom is -0.354 e. The Morgan fingerprint density at radius 1 is 1.30 bits per heavy atom. The quantitative estimate of drug-likeness (QED) is 0.892. The fourth-order valence-electron chi connectivity index (χ4n) is 1.37. The van der Waals surface area contributed by atoms with E-state index in [1.807, 2.05) is 0 Å². The number of ether oxygens (including phenoxy) is 1. The van der Waals surface area contributed by atoms with Gasteiger partial charge in [-0.2, -0.15) is 13.2 Å². The molecule has 1 aromatic rings. The molecule has 1 unspecified atom stereocenters. The topological polar surface area (TPSA) is 72.5 Å². The van der Waals surface area contributed by atoms with Crippen LogP contribution < -0.4 is 4.72 Å². The van der Waals surface area contributed by atoms with Gasteiger partial charge in [-0.15, -0.1) is 0 Å². The molecule has 0 saturated heterocycles. The van der Waals surface area contributed by atoms with Crippen molar-refractivity contribution in [2.45, 2.75) is 12.3 Å². The van der Waals surface area contributed by atoms with Gasteiger partial charge < -0.3 is 4.74 Å². The molecule has 0 aliphatic rings. The number of hydrogen-bond acceptors (Lipinski definition) is 4. The molecule has 0 radical (unpaired) electrons. The van der Waals surface area contributed by atoms with Crippen LogP contribution in [0.15, 0.2) is 30.3 Å². The lowest BCUT2D eigenvalue weighted by atomic mass is 10.1. The molecule has 0 aliphatic carbocycles. The largest absolute Gasteiger partial charge is 0.411 e. The SMILES string of the molecule is CS(=O)(=O)NC(=O)C(OCC(F)(F)F)c1ccccc1. The molecule has 112 valence electrons. The van der Waals surface area contributed by atoms with E-state index in [-0.39, 0.29) is 5.56 Å². The molecule has 1 amide bonds. The molecule has 1 aromatic carbocycles. The lowest BCUT2D eigenvalue weighted by Gasteiger charge is -2.18. The van der Waals surface area contributed by atoms with Crippen LogP contribution in [0.1, 0.15) is 11.7 Å². The summed E-state index contributed by atoms with van der Waals surface area (Å²) in [6, 6.07) is 7.31. The number of alkyl halides is 3. The summed E-state index contributed by atoms with van der Waals surface area (Å²) in [6.45, 7) is -1.66. The molecule has 1 rings (SSSR count). The maximum atomic E-state index is 12.2. The molecule has 9 heteroatoms. The van der Waals surface area contributed by atoms with E-state index in [0.717, 1.165) is 6.26 Å². The second-order valence-electron chi connectivity index (χ2n) is 3.96. The Balaban J connectivity index is 2.93. The predicted octanol–water partition coefficient (Wildman–Crippen LogP) is 1.38. The van der Waals surface area contributed by atoms with E-state index in [9.17, 15) is 26.4 Å². The molecule has 5 nitrogen and oxygen atoms in total. The molecule has 0 heterocycles. The summed E-state index contributed by atoms with van der Waals surface area (Å²) < 4.78 is 64.5. The van der Waals surface area contributed by atoms with E-state index in [0.29, 0.717) is 0 Å². The second-order valence-corrected chi connectivity index (χ2v) is 5.70. The first-order valence-electron chi connectivity index (χ1n) is 5.33. The van der Waals surface area contributed by atoms with Gasteiger partial charge in [-0.1, -0.05) is 30.3 Å². The number of nitrogens with one attached hydrogen (secondary N) is 1. The number of benzene rings is 1. The van der Waals surface area contributed by atoms with E-state index in [2.05, 4.69) is 4.74 Å². The number of hydrogen-bond donors (Lipinski definition) is 1. The average molecular weight is 311 g/mol. The van der Waals surface area contributed by atoms with E-state index in [1.54, 1.807) is 10.8 Å². The maximum absolute atomic E-state index is 12.2. The summed E-state index contributed by atoms with van der Waals surface area (Å²) in [7, 11) is -3.89. The summed E-state index contributed by atoms with van der Waals surface area (Å²) in [5, 5.41) is 0. The highest BCUT2D eigenvalue weighted by Gasteiger charge is 2.32. The van der Waals surface area contributed by atoms with Gasteiger partial charge in [0.05, 0.1) is 6.26 Å². The highest BCUT2D eigenvalue weighted by atomic mass is 32.2. The number of sulfonamides is 1. The van der Waals surface area contributed by atoms with Gasteiger partial charge in [0.25, 0.3) is 5.91 Å². The first-order valence-corrected chi connectivity index (χ1v) is 7.22. The molecular formula is C11H12F3NO4S. The fraction of sp³-hybridized carbons (Fsp3) is 0.364. The van der Waals surface area contributed by atoms with Crippen LogP contribution in [0.2, 0.25) is 0 Å². The Morgan fingerprint density at radius 3 is 2.30 bits per heavy atom. The number of halogens is 3. The maximum Gasteiger partial charge on any atom is 0.411 e. The van der Waals surface area contributed by atoms with Crippen molar-refractivity contribution in [2.75, 3.05) is 12.9 Å². The highest BCUT2D eigenvalue weighted by molar-refractivity contribution is 7.89. The lowest BCUT2D eigenvalue weighted by Crippen LogP contribution is -2.36. The van der Waals surface area contributed by atoms with Crippen LogP contribution >= 0.6 is 0 Å². The van der Waals surface area contributed by atoms with Crippen molar-refractivity contribution in [3.8, 4) is 0 Å². The zero-order valence-corrected chi connectivity index (χ0v) is 11.2. The van der Waals surface area contributed by atoms with Crippen LogP contribution in [-0.4, -0.2) is 33.4 Å². The number of carbonyl (C=O) groups excluding carboxylic acids is 1. The first kappa shape index (κ1) is 16.4. The van der Waals surface area contributed by atoms with Crippen LogP contribution in [0.3, 0.4) is 0 Å². The fourth-order valence-corrected chi connectivity index (χ4v) is 1.84. The Hall–Kier alpha value is -1.61. The molecule has 0 bridgehead atoms. The monoisotopic (exact) mass is 311 g/mol.